The Labute approximate surface area is 133 Å². The van der Waals surface area contributed by atoms with Gasteiger partial charge in [0.15, 0.2) is 0 Å². The number of hydrogen-bond donors (Lipinski definition) is 1. The van der Waals surface area contributed by atoms with Crippen molar-refractivity contribution in [2.75, 3.05) is 19.6 Å². The molecule has 9 heteroatoms. The predicted octanol–water partition coefficient (Wildman–Crippen LogP) is 1.13. The highest BCUT2D eigenvalue weighted by Gasteiger charge is 2.33. The van der Waals surface area contributed by atoms with Gasteiger partial charge in [0.05, 0.1) is 15.8 Å². The fourth-order valence-corrected chi connectivity index (χ4v) is 4.58. The topological polar surface area (TPSA) is 105 Å². The largest absolute Gasteiger partial charge is 0.314 e. The maximum atomic E-state index is 13.0. The molecule has 1 saturated heterocycles. The van der Waals surface area contributed by atoms with E-state index in [1.54, 1.807) is 6.07 Å². The Morgan fingerprint density at radius 1 is 1.39 bits per heavy atom. The first-order chi connectivity index (χ1) is 10.9. The van der Waals surface area contributed by atoms with Crippen molar-refractivity contribution in [1.82, 2.24) is 14.6 Å². The van der Waals surface area contributed by atoms with Gasteiger partial charge in [-0.1, -0.05) is 0 Å². The van der Waals surface area contributed by atoms with E-state index in [0.717, 1.165) is 0 Å². The van der Waals surface area contributed by atoms with Gasteiger partial charge >= 0.3 is 0 Å². The van der Waals surface area contributed by atoms with Crippen LogP contribution in [0.5, 0.6) is 0 Å². The minimum atomic E-state index is -3.77. The van der Waals surface area contributed by atoms with Gasteiger partial charge in [0.2, 0.25) is 10.0 Å². The molecule has 1 aliphatic rings. The molecule has 23 heavy (non-hydrogen) atoms. The number of sulfonamides is 1. The van der Waals surface area contributed by atoms with Crippen LogP contribution in [0.25, 0.3) is 10.9 Å². The number of nitro benzene ring substituents is 1. The van der Waals surface area contributed by atoms with E-state index in [4.69, 9.17) is 0 Å². The third kappa shape index (κ3) is 2.67. The molecule has 0 bridgehead atoms. The molecule has 1 aromatic carbocycles. The van der Waals surface area contributed by atoms with Gasteiger partial charge < -0.3 is 5.32 Å². The number of hydrogen-bond acceptors (Lipinski definition) is 6. The van der Waals surface area contributed by atoms with Crippen LogP contribution in [0.15, 0.2) is 35.4 Å². The SMILES string of the molecule is CC1CNCCN1S(=O)(=O)c1ccc([N+](=O)[O-])c2cccnc12. The molecule has 3 rings (SSSR count). The number of aromatic nitrogens is 1. The van der Waals surface area contributed by atoms with Crippen LogP contribution >= 0.6 is 0 Å². The summed E-state index contributed by atoms with van der Waals surface area (Å²) in [6.07, 6.45) is 1.44. The molecule has 0 amide bonds. The molecule has 8 nitrogen and oxygen atoms in total. The number of pyridine rings is 1. The summed E-state index contributed by atoms with van der Waals surface area (Å²) in [5.74, 6) is 0. The summed E-state index contributed by atoms with van der Waals surface area (Å²) >= 11 is 0. The molecular formula is C14H16N4O4S. The smallest absolute Gasteiger partial charge is 0.278 e. The minimum absolute atomic E-state index is 0.00690. The summed E-state index contributed by atoms with van der Waals surface area (Å²) in [7, 11) is -3.77. The summed E-state index contributed by atoms with van der Waals surface area (Å²) in [6, 6.07) is 5.38. The second-order valence-corrected chi connectivity index (χ2v) is 7.27. The summed E-state index contributed by atoms with van der Waals surface area (Å²) in [6.45, 7) is 3.32. The molecular weight excluding hydrogens is 320 g/mol. The van der Waals surface area contributed by atoms with Crippen LogP contribution in [0.4, 0.5) is 5.69 Å². The average molecular weight is 336 g/mol. The summed E-state index contributed by atoms with van der Waals surface area (Å²) < 4.78 is 27.4. The standard InChI is InChI=1S/C14H16N4O4S/c1-10-9-15-7-8-17(10)23(21,22)13-5-4-12(18(19)20)11-3-2-6-16-14(11)13/h2-6,10,15H,7-9H2,1H3. The molecule has 1 N–H and O–H groups in total. The molecule has 1 aliphatic heterocycles. The second-order valence-electron chi connectivity index (χ2n) is 5.41. The lowest BCUT2D eigenvalue weighted by atomic mass is 10.2. The van der Waals surface area contributed by atoms with E-state index in [9.17, 15) is 18.5 Å². The zero-order chi connectivity index (χ0) is 16.6. The quantitative estimate of drug-likeness (QED) is 0.665. The van der Waals surface area contributed by atoms with E-state index < -0.39 is 14.9 Å². The van der Waals surface area contributed by atoms with Crippen molar-refractivity contribution in [2.24, 2.45) is 0 Å². The Morgan fingerprint density at radius 3 is 2.87 bits per heavy atom. The number of nitrogens with zero attached hydrogens (tertiary/aromatic N) is 3. The molecule has 0 saturated carbocycles. The van der Waals surface area contributed by atoms with Crippen LogP contribution < -0.4 is 5.32 Å². The third-order valence-corrected chi connectivity index (χ3v) is 5.98. The Hall–Kier alpha value is -2.10. The van der Waals surface area contributed by atoms with Crippen LogP contribution in [-0.2, 0) is 10.0 Å². The number of piperazine rings is 1. The maximum Gasteiger partial charge on any atom is 0.278 e. The Balaban J connectivity index is 2.20. The van der Waals surface area contributed by atoms with E-state index >= 15 is 0 Å². The van der Waals surface area contributed by atoms with Gasteiger partial charge in [0.25, 0.3) is 5.69 Å². The highest BCUT2D eigenvalue weighted by molar-refractivity contribution is 7.89. The monoisotopic (exact) mass is 336 g/mol. The Kier molecular flexibility index (Phi) is 4.00. The zero-order valence-electron chi connectivity index (χ0n) is 12.5. The number of non-ortho nitro benzene ring substituents is 1. The minimum Gasteiger partial charge on any atom is -0.314 e. The summed E-state index contributed by atoms with van der Waals surface area (Å²) in [4.78, 5) is 14.7. The first-order valence-corrected chi connectivity index (χ1v) is 8.61. The molecule has 1 aromatic heterocycles. The van der Waals surface area contributed by atoms with Crippen molar-refractivity contribution in [3.05, 3.63) is 40.6 Å². The van der Waals surface area contributed by atoms with Crippen molar-refractivity contribution in [1.29, 1.82) is 0 Å². The van der Waals surface area contributed by atoms with Crippen LogP contribution in [-0.4, -0.2) is 48.3 Å². The van der Waals surface area contributed by atoms with Crippen LogP contribution in [0.3, 0.4) is 0 Å². The average Bonchev–Trinajstić information content (AvgIpc) is 2.53. The number of benzene rings is 1. The third-order valence-electron chi connectivity index (χ3n) is 3.93. The van der Waals surface area contributed by atoms with Crippen molar-refractivity contribution in [3.63, 3.8) is 0 Å². The van der Waals surface area contributed by atoms with Crippen molar-refractivity contribution >= 4 is 26.6 Å². The number of rotatable bonds is 3. The van der Waals surface area contributed by atoms with E-state index in [1.165, 1.54) is 28.7 Å². The highest BCUT2D eigenvalue weighted by atomic mass is 32.2. The molecule has 1 fully saturated rings. The van der Waals surface area contributed by atoms with Crippen molar-refractivity contribution in [3.8, 4) is 0 Å². The van der Waals surface area contributed by atoms with E-state index in [1.807, 2.05) is 6.92 Å². The van der Waals surface area contributed by atoms with Gasteiger partial charge in [-0.05, 0) is 25.1 Å². The molecule has 0 aliphatic carbocycles. The lowest BCUT2D eigenvalue weighted by molar-refractivity contribution is -0.383. The molecule has 0 spiro atoms. The van der Waals surface area contributed by atoms with E-state index in [0.29, 0.717) is 19.6 Å². The van der Waals surface area contributed by atoms with Gasteiger partial charge in [0, 0.05) is 37.9 Å². The molecule has 122 valence electrons. The van der Waals surface area contributed by atoms with E-state index in [2.05, 4.69) is 10.3 Å². The first kappa shape index (κ1) is 15.8. The van der Waals surface area contributed by atoms with Gasteiger partial charge in [-0.2, -0.15) is 4.31 Å². The normalized spacial score (nSPS) is 19.8. The van der Waals surface area contributed by atoms with Crippen molar-refractivity contribution in [2.45, 2.75) is 17.9 Å². The zero-order valence-corrected chi connectivity index (χ0v) is 13.3. The first-order valence-electron chi connectivity index (χ1n) is 7.17. The van der Waals surface area contributed by atoms with Gasteiger partial charge in [0.1, 0.15) is 4.90 Å². The summed E-state index contributed by atoms with van der Waals surface area (Å²) in [5, 5.41) is 14.5. The Morgan fingerprint density at radius 2 is 2.17 bits per heavy atom. The number of nitro groups is 1. The number of fused-ring (bicyclic) bond motifs is 1. The van der Waals surface area contributed by atoms with Crippen LogP contribution in [0, 0.1) is 10.1 Å². The molecule has 2 heterocycles. The van der Waals surface area contributed by atoms with Gasteiger partial charge in [-0.15, -0.1) is 0 Å². The fourth-order valence-electron chi connectivity index (χ4n) is 2.80. The maximum absolute atomic E-state index is 13.0. The number of nitrogens with one attached hydrogen (secondary N) is 1. The molecule has 1 atom stereocenters. The van der Waals surface area contributed by atoms with Gasteiger partial charge in [-0.25, -0.2) is 8.42 Å². The molecule has 1 unspecified atom stereocenters. The molecule has 2 aromatic rings. The van der Waals surface area contributed by atoms with Crippen LogP contribution in [0.1, 0.15) is 6.92 Å². The fraction of sp³-hybridized carbons (Fsp3) is 0.357. The predicted molar refractivity (Wildman–Crippen MR) is 84.6 cm³/mol. The van der Waals surface area contributed by atoms with Crippen molar-refractivity contribution < 1.29 is 13.3 Å². The summed E-state index contributed by atoms with van der Waals surface area (Å²) in [5.41, 5.74) is -0.0205. The lowest BCUT2D eigenvalue weighted by Gasteiger charge is -2.32. The Bertz CT molecular complexity index is 868. The second kappa shape index (κ2) is 5.84. The van der Waals surface area contributed by atoms with Crippen LogP contribution in [0.2, 0.25) is 0 Å². The van der Waals surface area contributed by atoms with Gasteiger partial charge in [-0.3, -0.25) is 15.1 Å². The molecule has 0 radical (unpaired) electrons. The lowest BCUT2D eigenvalue weighted by Crippen LogP contribution is -2.52. The highest BCUT2D eigenvalue weighted by Crippen LogP contribution is 2.31. The van der Waals surface area contributed by atoms with E-state index in [-0.39, 0.29) is 27.5 Å².